The number of para-hydroxylation sites is 2. The Kier molecular flexibility index (Phi) is 6.96. The highest BCUT2D eigenvalue weighted by Crippen LogP contribution is 2.39. The maximum absolute atomic E-state index is 13.6. The van der Waals surface area contributed by atoms with E-state index in [4.69, 9.17) is 9.73 Å². The number of thioether (sulfide) groups is 1. The number of ether oxygens (including phenoxy) is 1. The second-order valence-electron chi connectivity index (χ2n) is 8.22. The molecule has 0 bridgehead atoms. The van der Waals surface area contributed by atoms with Crippen LogP contribution in [0.3, 0.4) is 0 Å². The van der Waals surface area contributed by atoms with Crippen molar-refractivity contribution < 1.29 is 9.53 Å². The Labute approximate surface area is 210 Å². The molecule has 1 fully saturated rings. The van der Waals surface area contributed by atoms with Crippen LogP contribution < -0.4 is 9.64 Å². The minimum absolute atomic E-state index is 0.0803. The topological polar surface area (TPSA) is 41.9 Å². The average Bonchev–Trinajstić information content (AvgIpc) is 3.20. The second kappa shape index (κ2) is 10.6. The van der Waals surface area contributed by atoms with Crippen LogP contribution in [0.15, 0.2) is 107 Å². The van der Waals surface area contributed by atoms with Gasteiger partial charge in [0.15, 0.2) is 5.17 Å². The van der Waals surface area contributed by atoms with Gasteiger partial charge < -0.3 is 4.74 Å². The molecule has 0 atom stereocenters. The summed E-state index contributed by atoms with van der Waals surface area (Å²) in [5.41, 5.74) is 2.59. The van der Waals surface area contributed by atoms with Crippen LogP contribution in [-0.4, -0.2) is 17.7 Å². The molecule has 35 heavy (non-hydrogen) atoms. The number of hydrogen-bond donors (Lipinski definition) is 0. The van der Waals surface area contributed by atoms with E-state index in [1.54, 1.807) is 4.90 Å². The zero-order valence-electron chi connectivity index (χ0n) is 19.6. The highest BCUT2D eigenvalue weighted by atomic mass is 32.2. The van der Waals surface area contributed by atoms with Gasteiger partial charge in [0.25, 0.3) is 5.91 Å². The fourth-order valence-corrected chi connectivity index (χ4v) is 4.97. The van der Waals surface area contributed by atoms with E-state index < -0.39 is 0 Å². The number of hydrogen-bond acceptors (Lipinski definition) is 4. The number of anilines is 1. The van der Waals surface area contributed by atoms with E-state index >= 15 is 0 Å². The van der Waals surface area contributed by atoms with E-state index in [1.807, 2.05) is 91.0 Å². The number of amidine groups is 1. The van der Waals surface area contributed by atoms with Crippen LogP contribution in [0, 0.1) is 0 Å². The van der Waals surface area contributed by atoms with E-state index in [0.29, 0.717) is 16.7 Å². The van der Waals surface area contributed by atoms with Crippen molar-refractivity contribution in [1.29, 1.82) is 0 Å². The Hall–Kier alpha value is -3.83. The molecule has 1 heterocycles. The monoisotopic (exact) mass is 478 g/mol. The van der Waals surface area contributed by atoms with Crippen molar-refractivity contribution in [3.8, 4) is 5.75 Å². The Morgan fingerprint density at radius 3 is 2.29 bits per heavy atom. The normalized spacial score (nSPS) is 15.9. The lowest BCUT2D eigenvalue weighted by Gasteiger charge is -2.15. The number of unbranched alkanes of at least 4 members (excludes halogenated alkanes) is 1. The van der Waals surface area contributed by atoms with E-state index in [0.717, 1.165) is 46.3 Å². The lowest BCUT2D eigenvalue weighted by Crippen LogP contribution is -2.28. The van der Waals surface area contributed by atoms with Gasteiger partial charge in [-0.2, -0.15) is 0 Å². The van der Waals surface area contributed by atoms with Crippen molar-refractivity contribution in [2.24, 2.45) is 4.99 Å². The van der Waals surface area contributed by atoms with Gasteiger partial charge in [-0.1, -0.05) is 80.1 Å². The lowest BCUT2D eigenvalue weighted by atomic mass is 10.0. The number of rotatable bonds is 7. The first kappa shape index (κ1) is 22.9. The van der Waals surface area contributed by atoms with Crippen LogP contribution in [0.25, 0.3) is 16.8 Å². The summed E-state index contributed by atoms with van der Waals surface area (Å²) in [4.78, 5) is 20.7. The summed E-state index contributed by atoms with van der Waals surface area (Å²) in [6.07, 6.45) is 4.07. The van der Waals surface area contributed by atoms with Crippen LogP contribution in [0.2, 0.25) is 0 Å². The molecule has 0 radical (unpaired) electrons. The number of aliphatic imine (C=N–C) groups is 1. The van der Waals surface area contributed by atoms with Gasteiger partial charge in [-0.05, 0) is 65.5 Å². The van der Waals surface area contributed by atoms with Gasteiger partial charge in [-0.3, -0.25) is 9.69 Å². The third-order valence-electron chi connectivity index (χ3n) is 5.76. The minimum atomic E-state index is -0.0803. The van der Waals surface area contributed by atoms with Crippen LogP contribution in [0.1, 0.15) is 25.3 Å². The van der Waals surface area contributed by atoms with Crippen LogP contribution in [-0.2, 0) is 4.79 Å². The molecule has 4 nitrogen and oxygen atoms in total. The quantitative estimate of drug-likeness (QED) is 0.201. The van der Waals surface area contributed by atoms with Crippen molar-refractivity contribution >= 4 is 51.1 Å². The highest BCUT2D eigenvalue weighted by Gasteiger charge is 2.34. The first-order chi connectivity index (χ1) is 17.2. The molecule has 4 aromatic carbocycles. The van der Waals surface area contributed by atoms with Gasteiger partial charge in [0, 0.05) is 5.39 Å². The second-order valence-corrected chi connectivity index (χ2v) is 9.23. The van der Waals surface area contributed by atoms with Gasteiger partial charge in [0.2, 0.25) is 0 Å². The standard InChI is InChI=1S/C30H26N2O2S/c1-2-3-20-34-27-19-18-22(25-16-10-11-17-26(25)27)21-28-29(33)32(24-14-8-5-9-15-24)30(35-28)31-23-12-6-4-7-13-23/h4-19,21H,2-3,20H2,1H3/b28-21+,31-30?. The summed E-state index contributed by atoms with van der Waals surface area (Å²) in [7, 11) is 0. The predicted octanol–water partition coefficient (Wildman–Crippen LogP) is 7.83. The number of nitrogens with zero attached hydrogens (tertiary/aromatic N) is 2. The van der Waals surface area contributed by atoms with Gasteiger partial charge in [-0.25, -0.2) is 4.99 Å². The first-order valence-corrected chi connectivity index (χ1v) is 12.6. The van der Waals surface area contributed by atoms with Crippen molar-refractivity contribution in [2.45, 2.75) is 19.8 Å². The Morgan fingerprint density at radius 1 is 0.857 bits per heavy atom. The Bertz CT molecular complexity index is 1400. The SMILES string of the molecule is CCCCOc1ccc(/C=C2/SC(=Nc3ccccc3)N(c3ccccc3)C2=O)c2ccccc12. The molecule has 1 amide bonds. The molecule has 0 aliphatic carbocycles. The number of carbonyl (C=O) groups excluding carboxylic acids is 1. The number of benzene rings is 4. The summed E-state index contributed by atoms with van der Waals surface area (Å²) in [5.74, 6) is 0.794. The maximum atomic E-state index is 13.6. The molecule has 1 saturated heterocycles. The third-order valence-corrected chi connectivity index (χ3v) is 6.73. The van der Waals surface area contributed by atoms with Crippen molar-refractivity contribution in [1.82, 2.24) is 0 Å². The van der Waals surface area contributed by atoms with Crippen molar-refractivity contribution in [2.75, 3.05) is 11.5 Å². The third kappa shape index (κ3) is 5.00. The summed E-state index contributed by atoms with van der Waals surface area (Å²) < 4.78 is 6.04. The maximum Gasteiger partial charge on any atom is 0.271 e. The molecule has 0 unspecified atom stereocenters. The molecular formula is C30H26N2O2S. The predicted molar refractivity (Wildman–Crippen MR) is 147 cm³/mol. The molecule has 0 aromatic heterocycles. The number of carbonyl (C=O) groups is 1. The van der Waals surface area contributed by atoms with Crippen molar-refractivity contribution in [3.63, 3.8) is 0 Å². The lowest BCUT2D eigenvalue weighted by molar-refractivity contribution is -0.113. The number of fused-ring (bicyclic) bond motifs is 1. The van der Waals surface area contributed by atoms with Crippen LogP contribution in [0.4, 0.5) is 11.4 Å². The van der Waals surface area contributed by atoms with Crippen LogP contribution >= 0.6 is 11.8 Å². The zero-order chi connectivity index (χ0) is 24.0. The fourth-order valence-electron chi connectivity index (χ4n) is 3.98. The summed E-state index contributed by atoms with van der Waals surface area (Å²) in [6.45, 7) is 2.85. The van der Waals surface area contributed by atoms with Gasteiger partial charge in [0.1, 0.15) is 5.75 Å². The molecule has 5 heteroatoms. The smallest absolute Gasteiger partial charge is 0.271 e. The van der Waals surface area contributed by atoms with Gasteiger partial charge >= 0.3 is 0 Å². The Morgan fingerprint density at radius 2 is 1.54 bits per heavy atom. The molecule has 0 N–H and O–H groups in total. The summed E-state index contributed by atoms with van der Waals surface area (Å²) in [5, 5.41) is 2.75. The molecule has 1 aliphatic rings. The van der Waals surface area contributed by atoms with E-state index in [2.05, 4.69) is 19.1 Å². The van der Waals surface area contributed by atoms with E-state index in [9.17, 15) is 4.79 Å². The fraction of sp³-hybridized carbons (Fsp3) is 0.133. The van der Waals surface area contributed by atoms with Gasteiger partial charge in [0.05, 0.1) is 22.9 Å². The minimum Gasteiger partial charge on any atom is -0.493 e. The molecule has 4 aromatic rings. The zero-order valence-corrected chi connectivity index (χ0v) is 20.4. The number of amides is 1. The first-order valence-electron chi connectivity index (χ1n) is 11.8. The van der Waals surface area contributed by atoms with Gasteiger partial charge in [-0.15, -0.1) is 0 Å². The van der Waals surface area contributed by atoms with E-state index in [1.165, 1.54) is 11.8 Å². The molecule has 0 spiro atoms. The van der Waals surface area contributed by atoms with Crippen molar-refractivity contribution in [3.05, 3.63) is 108 Å². The Balaban J connectivity index is 1.55. The summed E-state index contributed by atoms with van der Waals surface area (Å²) >= 11 is 1.40. The molecule has 1 aliphatic heterocycles. The average molecular weight is 479 g/mol. The molecule has 0 saturated carbocycles. The van der Waals surface area contributed by atoms with E-state index in [-0.39, 0.29) is 5.91 Å². The van der Waals surface area contributed by atoms with Crippen LogP contribution in [0.5, 0.6) is 5.75 Å². The molecular weight excluding hydrogens is 452 g/mol. The molecule has 174 valence electrons. The summed E-state index contributed by atoms with van der Waals surface area (Å²) in [6, 6.07) is 31.6. The largest absolute Gasteiger partial charge is 0.493 e. The highest BCUT2D eigenvalue weighted by molar-refractivity contribution is 8.19. The molecule has 5 rings (SSSR count).